The van der Waals surface area contributed by atoms with Crippen molar-refractivity contribution in [3.05, 3.63) is 83.3 Å². The highest BCUT2D eigenvalue weighted by Gasteiger charge is 2.34. The molecule has 0 aliphatic rings. The van der Waals surface area contributed by atoms with Gasteiger partial charge in [0.15, 0.2) is 0 Å². The van der Waals surface area contributed by atoms with Crippen molar-refractivity contribution in [2.45, 2.75) is 77.1 Å². The van der Waals surface area contributed by atoms with Crippen LogP contribution in [0.4, 0.5) is 4.79 Å². The van der Waals surface area contributed by atoms with Crippen LogP contribution in [0, 0.1) is 0 Å². The van der Waals surface area contributed by atoms with Gasteiger partial charge in [-0.3, -0.25) is 14.4 Å². The van der Waals surface area contributed by atoms with E-state index in [2.05, 4.69) is 5.32 Å². The highest BCUT2D eigenvalue weighted by molar-refractivity contribution is 7.17. The summed E-state index contributed by atoms with van der Waals surface area (Å²) < 4.78 is 6.43. The van der Waals surface area contributed by atoms with Crippen LogP contribution in [0.1, 0.15) is 52.2 Å². The van der Waals surface area contributed by atoms with Crippen molar-refractivity contribution < 1.29 is 23.9 Å². The normalized spacial score (nSPS) is 13.3. The number of benzene rings is 2. The fourth-order valence-electron chi connectivity index (χ4n) is 4.80. The third kappa shape index (κ3) is 9.67. The molecular formula is C34H44N4O5S. The molecule has 0 spiro atoms. The Morgan fingerprint density at radius 1 is 0.909 bits per heavy atom. The molecule has 1 aromatic heterocycles. The van der Waals surface area contributed by atoms with Crippen LogP contribution in [0.2, 0.25) is 0 Å². The summed E-state index contributed by atoms with van der Waals surface area (Å²) in [7, 11) is 3.14. The Labute approximate surface area is 264 Å². The van der Waals surface area contributed by atoms with E-state index in [9.17, 15) is 19.2 Å². The first-order chi connectivity index (χ1) is 20.6. The third-order valence-electron chi connectivity index (χ3n) is 7.22. The monoisotopic (exact) mass is 620 g/mol. The molecule has 0 unspecified atom stereocenters. The minimum absolute atomic E-state index is 0.254. The molecule has 0 fully saturated rings. The number of hydrogen-bond donors (Lipinski definition) is 2. The van der Waals surface area contributed by atoms with Crippen LogP contribution < -0.4 is 11.1 Å². The minimum atomic E-state index is -0.902. The molecule has 0 aliphatic heterocycles. The second kappa shape index (κ2) is 14.5. The number of thiophene rings is 1. The van der Waals surface area contributed by atoms with Crippen LogP contribution in [0.5, 0.6) is 0 Å². The summed E-state index contributed by atoms with van der Waals surface area (Å²) in [6, 6.07) is 15.5. The van der Waals surface area contributed by atoms with Gasteiger partial charge in [-0.1, -0.05) is 54.6 Å². The Morgan fingerprint density at radius 2 is 1.55 bits per heavy atom. The summed E-state index contributed by atoms with van der Waals surface area (Å²) in [6.07, 6.45) is 3.38. The van der Waals surface area contributed by atoms with E-state index in [0.717, 1.165) is 21.2 Å². The lowest BCUT2D eigenvalue weighted by atomic mass is 9.99. The van der Waals surface area contributed by atoms with Crippen LogP contribution in [0.3, 0.4) is 0 Å². The smallest absolute Gasteiger partial charge is 0.408 e. The molecule has 3 rings (SSSR count). The van der Waals surface area contributed by atoms with Gasteiger partial charge < -0.3 is 25.6 Å². The first-order valence-corrected chi connectivity index (χ1v) is 15.5. The summed E-state index contributed by atoms with van der Waals surface area (Å²) in [5.74, 6) is -1.41. The maximum absolute atomic E-state index is 14.1. The minimum Gasteiger partial charge on any atom is -0.444 e. The standard InChI is InChI=1S/C34H44N4O5S/c1-33(2,3)43-32(42)36-34(4,5)19-13-18-29(39)37(6)27(21-24-22-44-28-17-12-11-16-25(24)28)31(41)38(7)26(30(35)40)20-23-14-9-8-10-15-23/h8-18,22,26-27H,19-21H2,1-7H3,(H2,35,40)(H,36,42)/b18-13+/t26-,27-/m1/s1. The van der Waals surface area contributed by atoms with E-state index in [0.29, 0.717) is 6.42 Å². The number of amides is 4. The van der Waals surface area contributed by atoms with Gasteiger partial charge in [-0.25, -0.2) is 4.79 Å². The zero-order chi connectivity index (χ0) is 32.7. The van der Waals surface area contributed by atoms with Gasteiger partial charge in [0.25, 0.3) is 0 Å². The highest BCUT2D eigenvalue weighted by atomic mass is 32.1. The topological polar surface area (TPSA) is 122 Å². The summed E-state index contributed by atoms with van der Waals surface area (Å²) in [5, 5.41) is 5.83. The quantitative estimate of drug-likeness (QED) is 0.274. The fraction of sp³-hybridized carbons (Fsp3) is 0.412. The Morgan fingerprint density at radius 3 is 2.18 bits per heavy atom. The summed E-state index contributed by atoms with van der Waals surface area (Å²) in [5.41, 5.74) is 6.26. The molecule has 1 heterocycles. The Bertz CT molecular complexity index is 1490. The number of ether oxygens (including phenoxy) is 1. The second-order valence-electron chi connectivity index (χ2n) is 12.6. The number of alkyl carbamates (subject to hydrolysis) is 1. The highest BCUT2D eigenvalue weighted by Crippen LogP contribution is 2.28. The van der Waals surface area contributed by atoms with E-state index in [1.165, 1.54) is 15.9 Å². The maximum atomic E-state index is 14.1. The number of nitrogens with one attached hydrogen (secondary N) is 1. The molecule has 44 heavy (non-hydrogen) atoms. The number of nitrogens with zero attached hydrogens (tertiary/aromatic N) is 2. The lowest BCUT2D eigenvalue weighted by Crippen LogP contribution is -2.55. The molecule has 10 heteroatoms. The molecule has 3 aromatic rings. The zero-order valence-electron chi connectivity index (χ0n) is 26.6. The van der Waals surface area contributed by atoms with E-state index < -0.39 is 41.1 Å². The second-order valence-corrected chi connectivity index (χ2v) is 13.5. The summed E-state index contributed by atoms with van der Waals surface area (Å²) in [6.45, 7) is 9.02. The lowest BCUT2D eigenvalue weighted by Gasteiger charge is -2.33. The first-order valence-electron chi connectivity index (χ1n) is 14.6. The number of carbonyl (C=O) groups excluding carboxylic acids is 4. The van der Waals surface area contributed by atoms with Crippen molar-refractivity contribution in [2.75, 3.05) is 14.1 Å². The first kappa shape index (κ1) is 34.3. The van der Waals surface area contributed by atoms with Crippen LogP contribution in [0.15, 0.2) is 72.1 Å². The molecule has 3 N–H and O–H groups in total. The van der Waals surface area contributed by atoms with Gasteiger partial charge in [-0.2, -0.15) is 0 Å². The predicted octanol–water partition coefficient (Wildman–Crippen LogP) is 5.08. The van der Waals surface area contributed by atoms with Crippen molar-refractivity contribution in [3.8, 4) is 0 Å². The molecule has 0 saturated carbocycles. The maximum Gasteiger partial charge on any atom is 0.408 e. The molecule has 0 saturated heterocycles. The van der Waals surface area contributed by atoms with Crippen LogP contribution in [-0.4, -0.2) is 70.9 Å². The van der Waals surface area contributed by atoms with Crippen LogP contribution in [0.25, 0.3) is 10.1 Å². The molecule has 0 aliphatic carbocycles. The van der Waals surface area contributed by atoms with E-state index in [-0.39, 0.29) is 18.7 Å². The molecule has 4 amide bonds. The summed E-state index contributed by atoms with van der Waals surface area (Å²) in [4.78, 5) is 55.1. The van der Waals surface area contributed by atoms with Crippen LogP contribution >= 0.6 is 11.3 Å². The number of carbonyl (C=O) groups is 4. The van der Waals surface area contributed by atoms with Crippen molar-refractivity contribution in [1.29, 1.82) is 0 Å². The van der Waals surface area contributed by atoms with Crippen LogP contribution in [-0.2, 0) is 32.0 Å². The van der Waals surface area contributed by atoms with Gasteiger partial charge in [-0.15, -0.1) is 11.3 Å². The Hall–Kier alpha value is -4.18. The number of nitrogens with two attached hydrogens (primary N) is 1. The van der Waals surface area contributed by atoms with Gasteiger partial charge in [-0.05, 0) is 75.1 Å². The van der Waals surface area contributed by atoms with Gasteiger partial charge in [0.1, 0.15) is 17.7 Å². The molecule has 236 valence electrons. The van der Waals surface area contributed by atoms with Gasteiger partial charge in [0, 0.05) is 37.2 Å². The molecular weight excluding hydrogens is 576 g/mol. The molecule has 9 nitrogen and oxygen atoms in total. The fourth-order valence-corrected chi connectivity index (χ4v) is 5.78. The number of hydrogen-bond acceptors (Lipinski definition) is 6. The zero-order valence-corrected chi connectivity index (χ0v) is 27.4. The van der Waals surface area contributed by atoms with E-state index >= 15 is 0 Å². The number of primary amides is 1. The predicted molar refractivity (Wildman–Crippen MR) is 175 cm³/mol. The van der Waals surface area contributed by atoms with E-state index in [4.69, 9.17) is 10.5 Å². The molecule has 0 bridgehead atoms. The third-order valence-corrected chi connectivity index (χ3v) is 8.23. The average Bonchev–Trinajstić information content (AvgIpc) is 3.35. The molecule has 2 aromatic carbocycles. The van der Waals surface area contributed by atoms with Gasteiger partial charge >= 0.3 is 6.09 Å². The Kier molecular flexibility index (Phi) is 11.3. The van der Waals surface area contributed by atoms with E-state index in [1.807, 2.05) is 73.8 Å². The van der Waals surface area contributed by atoms with Crippen molar-refractivity contribution in [2.24, 2.45) is 5.73 Å². The van der Waals surface area contributed by atoms with Crippen molar-refractivity contribution in [1.82, 2.24) is 15.1 Å². The molecule has 2 atom stereocenters. The van der Waals surface area contributed by atoms with Gasteiger partial charge in [0.2, 0.25) is 17.7 Å². The number of fused-ring (bicyclic) bond motifs is 1. The van der Waals surface area contributed by atoms with Crippen molar-refractivity contribution in [3.63, 3.8) is 0 Å². The van der Waals surface area contributed by atoms with Crippen molar-refractivity contribution >= 4 is 45.2 Å². The number of likely N-dealkylation sites (N-methyl/N-ethyl adjacent to an activating group) is 2. The van der Waals surface area contributed by atoms with E-state index in [1.54, 1.807) is 52.3 Å². The molecule has 0 radical (unpaired) electrons. The largest absolute Gasteiger partial charge is 0.444 e. The van der Waals surface area contributed by atoms with Gasteiger partial charge in [0.05, 0.1) is 0 Å². The average molecular weight is 621 g/mol. The lowest BCUT2D eigenvalue weighted by molar-refractivity contribution is -0.145. The summed E-state index contributed by atoms with van der Waals surface area (Å²) >= 11 is 1.57. The number of rotatable bonds is 12. The Balaban J connectivity index is 1.83. The SMILES string of the molecule is CN(C(=O)/C=C/CC(C)(C)NC(=O)OC(C)(C)C)[C@H](Cc1csc2ccccc12)C(=O)N(C)[C@H](Cc1ccccc1)C(N)=O.